The second kappa shape index (κ2) is 9.98. The van der Waals surface area contributed by atoms with Gasteiger partial charge in [-0.05, 0) is 38.0 Å². The molecule has 4 aromatic rings. The lowest BCUT2D eigenvalue weighted by Gasteiger charge is -2.23. The number of hydrogen-bond donors (Lipinski definition) is 4. The SMILES string of the molecule is Cc1ncccc1[C@H](Nc1cc(Cl)c2ncc(C#N)c(Nc3cnc(F)c(F)c3)c2c1)C1=CN(C2CC2)NN1. The number of nitriles is 1. The van der Waals surface area contributed by atoms with Gasteiger partial charge < -0.3 is 16.1 Å². The first kappa shape index (κ1) is 24.8. The molecule has 1 aliphatic carbocycles. The Morgan fingerprint density at radius 1 is 1.15 bits per heavy atom. The Labute approximate surface area is 227 Å². The quantitative estimate of drug-likeness (QED) is 0.228. The van der Waals surface area contributed by atoms with Crippen molar-refractivity contribution in [3.63, 3.8) is 0 Å². The number of hydrogen-bond acceptors (Lipinski definition) is 9. The van der Waals surface area contributed by atoms with Gasteiger partial charge in [0, 0.05) is 53.0 Å². The number of benzene rings is 1. The van der Waals surface area contributed by atoms with Crippen LogP contribution in [0.25, 0.3) is 10.9 Å². The van der Waals surface area contributed by atoms with Gasteiger partial charge in [-0.2, -0.15) is 9.65 Å². The summed E-state index contributed by atoms with van der Waals surface area (Å²) in [5.74, 6) is -2.32. The predicted molar refractivity (Wildman–Crippen MR) is 143 cm³/mol. The van der Waals surface area contributed by atoms with Crippen LogP contribution in [0.3, 0.4) is 0 Å². The van der Waals surface area contributed by atoms with Gasteiger partial charge in [0.15, 0.2) is 5.82 Å². The molecule has 4 heterocycles. The molecule has 1 aromatic carbocycles. The molecule has 2 aliphatic rings. The number of aromatic nitrogens is 3. The van der Waals surface area contributed by atoms with Gasteiger partial charge in [0.25, 0.3) is 0 Å². The molecule has 0 bridgehead atoms. The van der Waals surface area contributed by atoms with Gasteiger partial charge >= 0.3 is 0 Å². The summed E-state index contributed by atoms with van der Waals surface area (Å²) in [6.07, 6.45) is 8.56. The maximum absolute atomic E-state index is 13.9. The van der Waals surface area contributed by atoms with Crippen molar-refractivity contribution in [2.75, 3.05) is 10.6 Å². The minimum atomic E-state index is -1.21. The number of fused-ring (bicyclic) bond motifs is 1. The van der Waals surface area contributed by atoms with Crippen molar-refractivity contribution in [2.24, 2.45) is 0 Å². The molecule has 6 rings (SSSR count). The van der Waals surface area contributed by atoms with Gasteiger partial charge in [-0.3, -0.25) is 15.0 Å². The molecule has 4 N–H and O–H groups in total. The van der Waals surface area contributed by atoms with E-state index < -0.39 is 11.8 Å². The number of pyridine rings is 3. The Morgan fingerprint density at radius 3 is 2.74 bits per heavy atom. The van der Waals surface area contributed by atoms with Crippen molar-refractivity contribution in [1.82, 2.24) is 30.9 Å². The molecule has 1 fully saturated rings. The van der Waals surface area contributed by atoms with Crippen LogP contribution < -0.4 is 21.6 Å². The lowest BCUT2D eigenvalue weighted by atomic mass is 10.0. The number of rotatable bonds is 7. The number of hydrazine groups is 2. The fourth-order valence-electron chi connectivity index (χ4n) is 4.53. The average molecular weight is 546 g/mol. The molecule has 0 radical (unpaired) electrons. The van der Waals surface area contributed by atoms with Crippen LogP contribution in [-0.4, -0.2) is 26.0 Å². The van der Waals surface area contributed by atoms with E-state index in [2.05, 4.69) is 47.6 Å². The highest BCUT2D eigenvalue weighted by Gasteiger charge is 2.32. The molecule has 0 amide bonds. The zero-order valence-corrected chi connectivity index (χ0v) is 21.4. The largest absolute Gasteiger partial charge is 0.373 e. The monoisotopic (exact) mass is 545 g/mol. The minimum Gasteiger partial charge on any atom is -0.373 e. The summed E-state index contributed by atoms with van der Waals surface area (Å²) in [7, 11) is 0. The van der Waals surface area contributed by atoms with E-state index in [1.54, 1.807) is 12.3 Å². The second-order valence-electron chi connectivity index (χ2n) is 9.35. The smallest absolute Gasteiger partial charge is 0.249 e. The van der Waals surface area contributed by atoms with E-state index in [1.807, 2.05) is 31.3 Å². The normalized spacial score (nSPS) is 15.5. The summed E-state index contributed by atoms with van der Waals surface area (Å²) in [5.41, 5.74) is 11.0. The highest BCUT2D eigenvalue weighted by molar-refractivity contribution is 6.36. The summed E-state index contributed by atoms with van der Waals surface area (Å²) in [6, 6.07) is 10.7. The summed E-state index contributed by atoms with van der Waals surface area (Å²) in [4.78, 5) is 12.3. The first-order valence-corrected chi connectivity index (χ1v) is 12.6. The molecule has 196 valence electrons. The Hall–Kier alpha value is -4.53. The Balaban J connectivity index is 1.43. The van der Waals surface area contributed by atoms with Crippen molar-refractivity contribution in [3.05, 3.63) is 94.4 Å². The zero-order chi connectivity index (χ0) is 27.1. The maximum atomic E-state index is 13.9. The molecule has 1 saturated carbocycles. The van der Waals surface area contributed by atoms with Crippen LogP contribution in [0.2, 0.25) is 5.02 Å². The van der Waals surface area contributed by atoms with Crippen molar-refractivity contribution < 1.29 is 8.78 Å². The lowest BCUT2D eigenvalue weighted by molar-refractivity contribution is 0.260. The zero-order valence-electron chi connectivity index (χ0n) is 20.6. The van der Waals surface area contributed by atoms with Crippen LogP contribution in [0.1, 0.15) is 35.7 Å². The van der Waals surface area contributed by atoms with Crippen LogP contribution >= 0.6 is 11.6 Å². The topological polar surface area (TPSA) is 114 Å². The predicted octanol–water partition coefficient (Wildman–Crippen LogP) is 5.36. The summed E-state index contributed by atoms with van der Waals surface area (Å²) in [6.45, 7) is 1.94. The molecule has 9 nitrogen and oxygen atoms in total. The standard InChI is InChI=1S/C27H22ClF2N9/c1-14-19(3-2-6-32-14)26(23-13-39(38-37-23)18-4-5-18)35-16-7-20-24(36-17-9-22(29)27(30)34-12-17)15(10-31)11-33-25(20)21(28)8-16/h2-3,6-9,11-13,18,26,35,37-38H,4-5H2,1H3,(H,33,36)/t26-/m0/s1. The van der Waals surface area contributed by atoms with Crippen LogP contribution in [-0.2, 0) is 0 Å². The Bertz CT molecular complexity index is 1670. The van der Waals surface area contributed by atoms with Gasteiger partial charge in [0.05, 0.1) is 45.4 Å². The molecular formula is C27H22ClF2N9. The Kier molecular flexibility index (Phi) is 6.34. The van der Waals surface area contributed by atoms with E-state index >= 15 is 0 Å². The third-order valence-electron chi connectivity index (χ3n) is 6.64. The van der Waals surface area contributed by atoms with Crippen molar-refractivity contribution in [3.8, 4) is 6.07 Å². The highest BCUT2D eigenvalue weighted by Crippen LogP contribution is 2.37. The van der Waals surface area contributed by atoms with Crippen molar-refractivity contribution >= 4 is 39.6 Å². The molecule has 3 aromatic heterocycles. The molecular weight excluding hydrogens is 524 g/mol. The van der Waals surface area contributed by atoms with Crippen LogP contribution in [0.4, 0.5) is 25.8 Å². The average Bonchev–Trinajstić information content (AvgIpc) is 3.67. The van der Waals surface area contributed by atoms with Crippen LogP contribution in [0, 0.1) is 30.0 Å². The Morgan fingerprint density at radius 2 is 2.00 bits per heavy atom. The lowest BCUT2D eigenvalue weighted by Crippen LogP contribution is -2.38. The van der Waals surface area contributed by atoms with E-state index in [4.69, 9.17) is 11.6 Å². The van der Waals surface area contributed by atoms with Gasteiger partial charge in [-0.1, -0.05) is 17.7 Å². The van der Waals surface area contributed by atoms with Crippen LogP contribution in [0.5, 0.6) is 0 Å². The summed E-state index contributed by atoms with van der Waals surface area (Å²) in [5, 5.41) is 19.2. The van der Waals surface area contributed by atoms with E-state index in [0.717, 1.165) is 42.1 Å². The van der Waals surface area contributed by atoms with E-state index in [9.17, 15) is 14.0 Å². The number of nitrogens with zero attached hydrogens (tertiary/aromatic N) is 5. The summed E-state index contributed by atoms with van der Waals surface area (Å²) >= 11 is 6.67. The molecule has 39 heavy (non-hydrogen) atoms. The highest BCUT2D eigenvalue weighted by atomic mass is 35.5. The van der Waals surface area contributed by atoms with Crippen LogP contribution in [0.15, 0.2) is 60.8 Å². The van der Waals surface area contributed by atoms with E-state index in [-0.39, 0.29) is 17.3 Å². The van der Waals surface area contributed by atoms with E-state index in [0.29, 0.717) is 33.3 Å². The molecule has 1 atom stereocenters. The second-order valence-corrected chi connectivity index (χ2v) is 9.76. The van der Waals surface area contributed by atoms with Crippen molar-refractivity contribution in [2.45, 2.75) is 31.8 Å². The van der Waals surface area contributed by atoms with Gasteiger partial charge in [-0.15, -0.1) is 5.53 Å². The summed E-state index contributed by atoms with van der Waals surface area (Å²) < 4.78 is 27.3. The van der Waals surface area contributed by atoms with Gasteiger partial charge in [-0.25, -0.2) is 9.37 Å². The third-order valence-corrected chi connectivity index (χ3v) is 6.93. The fourth-order valence-corrected chi connectivity index (χ4v) is 4.80. The number of anilines is 3. The van der Waals surface area contributed by atoms with Crippen molar-refractivity contribution in [1.29, 1.82) is 5.26 Å². The number of nitrogens with one attached hydrogen (secondary N) is 4. The van der Waals surface area contributed by atoms with E-state index in [1.165, 1.54) is 6.20 Å². The number of aryl methyl sites for hydroxylation is 1. The molecule has 1 aliphatic heterocycles. The minimum absolute atomic E-state index is 0.169. The van der Waals surface area contributed by atoms with Gasteiger partial charge in [0.2, 0.25) is 5.95 Å². The third kappa shape index (κ3) is 4.87. The molecule has 0 spiro atoms. The number of halogens is 3. The molecule has 0 unspecified atom stereocenters. The molecule has 0 saturated heterocycles. The first-order valence-electron chi connectivity index (χ1n) is 12.2. The van der Waals surface area contributed by atoms with Gasteiger partial charge in [0.1, 0.15) is 6.07 Å². The maximum Gasteiger partial charge on any atom is 0.249 e. The fraction of sp³-hybridized carbons (Fsp3) is 0.185. The molecule has 12 heteroatoms. The first-order chi connectivity index (χ1) is 18.9.